The van der Waals surface area contributed by atoms with Crippen LogP contribution < -0.4 is 0 Å². The lowest BCUT2D eigenvalue weighted by Crippen LogP contribution is -2.45. The maximum Gasteiger partial charge on any atom is 0.529 e. The van der Waals surface area contributed by atoms with Crippen LogP contribution in [-0.2, 0) is 13.3 Å². The van der Waals surface area contributed by atoms with E-state index in [0.29, 0.717) is 19.8 Å². The maximum absolute atomic E-state index is 6.07. The van der Waals surface area contributed by atoms with Gasteiger partial charge in [0.1, 0.15) is 0 Å². The molecule has 0 rings (SSSR count). The average molecular weight is 373 g/mol. The molecule has 0 amide bonds. The van der Waals surface area contributed by atoms with Crippen molar-refractivity contribution in [1.29, 1.82) is 0 Å². The molecule has 0 aliphatic carbocycles. The normalized spacial score (nSPS) is 12.3. The van der Waals surface area contributed by atoms with Gasteiger partial charge in [0.05, 0.1) is 0 Å². The lowest BCUT2D eigenvalue weighted by molar-refractivity contribution is 0.0715. The van der Waals surface area contributed by atoms with Crippen LogP contribution in [0.2, 0.25) is 0 Å². The average Bonchev–Trinajstić information content (AvgIpc) is 2.64. The lowest BCUT2D eigenvalue weighted by atomic mass is 10.1. The molecule has 0 saturated heterocycles. The van der Waals surface area contributed by atoms with Crippen molar-refractivity contribution in [1.82, 2.24) is 0 Å². The minimum Gasteiger partial charge on any atom is -0.370 e. The molecule has 0 atom stereocenters. The van der Waals surface area contributed by atoms with Gasteiger partial charge in [-0.2, -0.15) is 0 Å². The van der Waals surface area contributed by atoms with E-state index < -0.39 is 8.80 Å². The topological polar surface area (TPSA) is 27.7 Å². The van der Waals surface area contributed by atoms with E-state index in [0.717, 1.165) is 25.7 Å². The molecular weight excluding hydrogens is 328 g/mol. The van der Waals surface area contributed by atoms with Crippen LogP contribution in [0.3, 0.4) is 0 Å². The Morgan fingerprint density at radius 1 is 0.560 bits per heavy atom. The zero-order valence-electron chi connectivity index (χ0n) is 17.5. The summed E-state index contributed by atoms with van der Waals surface area (Å²) in [6.07, 6.45) is 17.2. The predicted molar refractivity (Wildman–Crippen MR) is 111 cm³/mol. The fourth-order valence-corrected chi connectivity index (χ4v) is 5.09. The smallest absolute Gasteiger partial charge is 0.370 e. The Morgan fingerprint density at radius 3 is 1.44 bits per heavy atom. The third-order valence-corrected chi connectivity index (χ3v) is 6.53. The van der Waals surface area contributed by atoms with E-state index in [1.807, 2.05) is 0 Å². The number of unbranched alkanes of at least 4 members (excludes halogenated alkanes) is 8. The van der Waals surface area contributed by atoms with Crippen molar-refractivity contribution >= 4 is 8.80 Å². The Morgan fingerprint density at radius 2 is 1.00 bits per heavy atom. The molecule has 0 N–H and O–H groups in total. The van der Waals surface area contributed by atoms with Crippen molar-refractivity contribution in [2.75, 3.05) is 19.8 Å². The van der Waals surface area contributed by atoms with Crippen LogP contribution in [0.25, 0.3) is 0 Å². The van der Waals surface area contributed by atoms with Crippen molar-refractivity contribution < 1.29 is 13.3 Å². The van der Waals surface area contributed by atoms with Gasteiger partial charge in [-0.25, -0.2) is 0 Å². The second kappa shape index (κ2) is 18.6. The Balaban J connectivity index is 4.20. The molecule has 0 bridgehead atoms. The summed E-state index contributed by atoms with van der Waals surface area (Å²) in [6, 6.07) is 0. The number of rotatable bonds is 19. The van der Waals surface area contributed by atoms with Gasteiger partial charge in [-0.1, -0.05) is 78.7 Å². The van der Waals surface area contributed by atoms with E-state index in [1.54, 1.807) is 0 Å². The molecule has 0 unspecified atom stereocenters. The summed E-state index contributed by atoms with van der Waals surface area (Å²) in [4.78, 5) is 0. The van der Waals surface area contributed by atoms with Crippen LogP contribution in [0.15, 0.2) is 11.8 Å². The minimum absolute atomic E-state index is 0.710. The summed E-state index contributed by atoms with van der Waals surface area (Å²) >= 11 is 0. The Labute approximate surface area is 158 Å². The van der Waals surface area contributed by atoms with Crippen LogP contribution >= 0.6 is 0 Å². The highest BCUT2D eigenvalue weighted by Gasteiger charge is 2.37. The number of allylic oxidation sites excluding steroid dienone is 1. The van der Waals surface area contributed by atoms with E-state index in [-0.39, 0.29) is 0 Å². The summed E-state index contributed by atoms with van der Waals surface area (Å²) in [5.41, 5.74) is 2.13. The van der Waals surface area contributed by atoms with Crippen molar-refractivity contribution in [3.8, 4) is 0 Å². The number of hydrogen-bond acceptors (Lipinski definition) is 3. The Hall–Kier alpha value is -0.163. The fraction of sp³-hybridized carbons (Fsp3) is 0.905. The standard InChI is InChI=1S/C21H44O3Si/c1-5-9-10-11-12-13-14-15-16-17-21-25(22-18-6-2,23-19-7-3)24-20-8-4/h17,21H,5-16,18-20H2,1-4H3. The molecule has 3 nitrogen and oxygen atoms in total. The monoisotopic (exact) mass is 372 g/mol. The SMILES string of the molecule is CCCCCCCCCCC=C[Si](OCCC)(OCCC)OCCC. The van der Waals surface area contributed by atoms with E-state index >= 15 is 0 Å². The molecule has 25 heavy (non-hydrogen) atoms. The minimum atomic E-state index is -2.63. The van der Waals surface area contributed by atoms with Crippen LogP contribution in [0.5, 0.6) is 0 Å². The van der Waals surface area contributed by atoms with E-state index in [9.17, 15) is 0 Å². The number of hydrogen-bond donors (Lipinski definition) is 0. The first-order chi connectivity index (χ1) is 12.2. The van der Waals surface area contributed by atoms with Crippen molar-refractivity contribution in [2.24, 2.45) is 0 Å². The second-order valence-corrected chi connectivity index (χ2v) is 9.22. The molecule has 150 valence electrons. The van der Waals surface area contributed by atoms with Crippen LogP contribution in [0.1, 0.15) is 105 Å². The molecule has 0 saturated carbocycles. The van der Waals surface area contributed by atoms with Gasteiger partial charge in [-0.05, 0) is 37.8 Å². The first-order valence-electron chi connectivity index (χ1n) is 10.8. The quantitative estimate of drug-likeness (QED) is 0.184. The molecule has 0 aliphatic rings. The third-order valence-electron chi connectivity index (χ3n) is 4.07. The van der Waals surface area contributed by atoms with E-state index in [2.05, 4.69) is 39.5 Å². The molecule has 0 heterocycles. The largest absolute Gasteiger partial charge is 0.529 e. The molecule has 4 heteroatoms. The lowest BCUT2D eigenvalue weighted by Gasteiger charge is -2.26. The maximum atomic E-state index is 6.07. The van der Waals surface area contributed by atoms with Gasteiger partial charge in [-0.15, -0.1) is 0 Å². The Kier molecular flexibility index (Phi) is 18.5. The highest BCUT2D eigenvalue weighted by molar-refractivity contribution is 6.66. The van der Waals surface area contributed by atoms with E-state index in [4.69, 9.17) is 13.3 Å². The fourth-order valence-electron chi connectivity index (χ4n) is 2.63. The summed E-state index contributed by atoms with van der Waals surface area (Å²) in [5.74, 6) is 0. The molecule has 0 aromatic rings. The highest BCUT2D eigenvalue weighted by Crippen LogP contribution is 2.16. The molecule has 0 fully saturated rings. The molecule has 0 aromatic heterocycles. The van der Waals surface area contributed by atoms with Gasteiger partial charge in [0.2, 0.25) is 0 Å². The summed E-state index contributed by atoms with van der Waals surface area (Å²) in [7, 11) is -2.63. The highest BCUT2D eigenvalue weighted by atomic mass is 28.4. The first-order valence-corrected chi connectivity index (χ1v) is 12.6. The van der Waals surface area contributed by atoms with Gasteiger partial charge in [0, 0.05) is 19.8 Å². The first kappa shape index (κ1) is 24.8. The third kappa shape index (κ3) is 14.7. The summed E-state index contributed by atoms with van der Waals surface area (Å²) < 4.78 is 18.2. The molecular formula is C21H44O3Si. The zero-order chi connectivity index (χ0) is 18.6. The van der Waals surface area contributed by atoms with Gasteiger partial charge in [0.25, 0.3) is 0 Å². The molecule has 0 spiro atoms. The van der Waals surface area contributed by atoms with Gasteiger partial charge in [0.15, 0.2) is 0 Å². The second-order valence-electron chi connectivity index (χ2n) is 6.81. The van der Waals surface area contributed by atoms with Gasteiger partial charge >= 0.3 is 8.80 Å². The van der Waals surface area contributed by atoms with Crippen molar-refractivity contribution in [3.05, 3.63) is 11.8 Å². The summed E-state index contributed by atoms with van der Waals surface area (Å²) in [6.45, 7) is 10.8. The van der Waals surface area contributed by atoms with Crippen LogP contribution in [-0.4, -0.2) is 28.6 Å². The molecule has 0 aliphatic heterocycles. The van der Waals surface area contributed by atoms with E-state index in [1.165, 1.54) is 51.4 Å². The van der Waals surface area contributed by atoms with Gasteiger partial charge in [-0.3, -0.25) is 0 Å². The molecule has 0 aromatic carbocycles. The Bertz CT molecular complexity index is 273. The zero-order valence-corrected chi connectivity index (χ0v) is 18.5. The molecule has 0 radical (unpaired) electrons. The predicted octanol–water partition coefficient (Wildman–Crippen LogP) is 6.83. The van der Waals surface area contributed by atoms with Crippen LogP contribution in [0, 0.1) is 0 Å². The summed E-state index contributed by atoms with van der Waals surface area (Å²) in [5, 5.41) is 0. The van der Waals surface area contributed by atoms with Gasteiger partial charge < -0.3 is 13.3 Å². The van der Waals surface area contributed by atoms with Crippen molar-refractivity contribution in [2.45, 2.75) is 105 Å². The van der Waals surface area contributed by atoms with Crippen LogP contribution in [0.4, 0.5) is 0 Å². The van der Waals surface area contributed by atoms with Crippen molar-refractivity contribution in [3.63, 3.8) is 0 Å².